The number of esters is 1. The van der Waals surface area contributed by atoms with Gasteiger partial charge in [-0.25, -0.2) is 4.79 Å². The van der Waals surface area contributed by atoms with Crippen molar-refractivity contribution in [3.63, 3.8) is 0 Å². The van der Waals surface area contributed by atoms with Gasteiger partial charge in [-0.2, -0.15) is 0 Å². The summed E-state index contributed by atoms with van der Waals surface area (Å²) in [5.41, 5.74) is 12.3. The van der Waals surface area contributed by atoms with Crippen molar-refractivity contribution < 1.29 is 29.0 Å². The molecule has 0 radical (unpaired) electrons. The third-order valence-electron chi connectivity index (χ3n) is 9.36. The van der Waals surface area contributed by atoms with Crippen LogP contribution in [-0.2, 0) is 27.4 Å². The molecule has 6 aromatic carbocycles. The van der Waals surface area contributed by atoms with Crippen molar-refractivity contribution in [2.45, 2.75) is 46.8 Å². The maximum absolute atomic E-state index is 12.2. The van der Waals surface area contributed by atoms with Gasteiger partial charge >= 0.3 is 12.1 Å². The van der Waals surface area contributed by atoms with Crippen molar-refractivity contribution in [3.05, 3.63) is 189 Å². The van der Waals surface area contributed by atoms with E-state index in [1.54, 1.807) is 12.1 Å². The van der Waals surface area contributed by atoms with Gasteiger partial charge in [-0.3, -0.25) is 9.59 Å². The fourth-order valence-corrected chi connectivity index (χ4v) is 7.30. The fraction of sp³-hybridized carbons (Fsp3) is 0.188. The van der Waals surface area contributed by atoms with E-state index < -0.39 is 6.09 Å². The second kappa shape index (κ2) is 20.7. The van der Waals surface area contributed by atoms with Crippen LogP contribution < -0.4 is 5.32 Å². The summed E-state index contributed by atoms with van der Waals surface area (Å²) >= 11 is 3.24. The number of nitrogens with one attached hydrogen (secondary N) is 1. The predicted octanol–water partition coefficient (Wildman–Crippen LogP) is 11.1. The van der Waals surface area contributed by atoms with E-state index in [1.807, 2.05) is 84.9 Å². The lowest BCUT2D eigenvalue weighted by Crippen LogP contribution is -2.25. The summed E-state index contributed by atoms with van der Waals surface area (Å²) in [5.74, 6) is -0.000899. The summed E-state index contributed by atoms with van der Waals surface area (Å²) in [4.78, 5) is 33.3. The zero-order valence-corrected chi connectivity index (χ0v) is 31.4. The Kier molecular flexibility index (Phi) is 15.9. The Bertz CT molecular complexity index is 2160. The van der Waals surface area contributed by atoms with Crippen molar-refractivity contribution in [1.29, 1.82) is 0 Å². The van der Waals surface area contributed by atoms with Crippen molar-refractivity contribution >= 4 is 34.3 Å². The molecule has 0 aromatic heterocycles. The smallest absolute Gasteiger partial charge is 0.407 e. The molecule has 7 nitrogen and oxygen atoms in total. The molecule has 0 fully saturated rings. The van der Waals surface area contributed by atoms with Crippen LogP contribution in [0.5, 0.6) is 0 Å². The van der Waals surface area contributed by atoms with E-state index in [4.69, 9.17) is 9.47 Å². The van der Waals surface area contributed by atoms with E-state index in [0.717, 1.165) is 21.9 Å². The van der Waals surface area contributed by atoms with Crippen molar-refractivity contribution in [1.82, 2.24) is 5.32 Å². The van der Waals surface area contributed by atoms with Crippen LogP contribution in [0.1, 0.15) is 77.4 Å². The van der Waals surface area contributed by atoms with Crippen LogP contribution in [0.2, 0.25) is 0 Å². The van der Waals surface area contributed by atoms with Crippen LogP contribution in [-0.4, -0.2) is 36.7 Å². The number of ether oxygens (including phenoxy) is 2. The zero-order chi connectivity index (χ0) is 37.9. The average Bonchev–Trinajstić information content (AvgIpc) is 3.71. The number of fused-ring (bicyclic) bond motifs is 6. The Morgan fingerprint density at radius 3 is 1.50 bits per heavy atom. The molecular weight excluding hydrogens is 766 g/mol. The molecule has 8 heteroatoms. The highest BCUT2D eigenvalue weighted by atomic mass is 79.9. The highest BCUT2D eigenvalue weighted by molar-refractivity contribution is 9.10. The maximum atomic E-state index is 12.2. The molecular formula is C48H48BrNO6. The fourth-order valence-electron chi connectivity index (χ4n) is 6.88. The van der Waals surface area contributed by atoms with Gasteiger partial charge in [-0.05, 0) is 67.8 Å². The Labute approximate surface area is 338 Å². The van der Waals surface area contributed by atoms with E-state index in [1.165, 1.54) is 51.4 Å². The number of hydrogen-bond donors (Lipinski definition) is 2. The number of carbonyl (C=O) groups excluding carboxylic acids is 3. The minimum absolute atomic E-state index is 0. The molecule has 2 N–H and O–H groups in total. The first-order chi connectivity index (χ1) is 26.4. The Morgan fingerprint density at radius 2 is 1.07 bits per heavy atom. The minimum Gasteiger partial charge on any atom is -0.465 e. The molecule has 0 unspecified atom stereocenters. The van der Waals surface area contributed by atoms with E-state index in [-0.39, 0.29) is 39.3 Å². The third kappa shape index (κ3) is 10.5. The van der Waals surface area contributed by atoms with Crippen LogP contribution in [0, 0.1) is 0 Å². The number of amides is 1. The van der Waals surface area contributed by atoms with Crippen molar-refractivity contribution in [2.24, 2.45) is 0 Å². The second-order valence-electron chi connectivity index (χ2n) is 12.9. The highest BCUT2D eigenvalue weighted by Crippen LogP contribution is 2.45. The van der Waals surface area contributed by atoms with Crippen molar-refractivity contribution in [3.8, 4) is 22.3 Å². The second-order valence-corrected chi connectivity index (χ2v) is 13.8. The van der Waals surface area contributed by atoms with Crippen LogP contribution in [0.25, 0.3) is 22.3 Å². The lowest BCUT2D eigenvalue weighted by molar-refractivity contribution is -0.141. The van der Waals surface area contributed by atoms with Crippen molar-refractivity contribution in [2.75, 3.05) is 13.2 Å². The third-order valence-corrected chi connectivity index (χ3v) is 9.85. The molecule has 6 aromatic rings. The normalized spacial score (nSPS) is 11.6. The number of aliphatic hydroxyl groups is 1. The topological polar surface area (TPSA) is 102 Å². The first-order valence-corrected chi connectivity index (χ1v) is 18.5. The van der Waals surface area contributed by atoms with Gasteiger partial charge in [0.05, 0.1) is 6.61 Å². The van der Waals surface area contributed by atoms with E-state index >= 15 is 0 Å². The molecule has 0 saturated carbocycles. The number of halogens is 1. The van der Waals surface area contributed by atoms with E-state index in [2.05, 4.69) is 69.8 Å². The van der Waals surface area contributed by atoms with E-state index in [0.29, 0.717) is 25.3 Å². The van der Waals surface area contributed by atoms with Gasteiger partial charge in [0, 0.05) is 35.3 Å². The Morgan fingerprint density at radius 1 is 0.625 bits per heavy atom. The lowest BCUT2D eigenvalue weighted by Gasteiger charge is -2.14. The molecule has 2 aliphatic rings. The summed E-state index contributed by atoms with van der Waals surface area (Å²) < 4.78 is 11.7. The lowest BCUT2D eigenvalue weighted by atomic mass is 9.98. The molecule has 0 spiro atoms. The molecule has 0 heterocycles. The van der Waals surface area contributed by atoms with Gasteiger partial charge in [0.25, 0.3) is 0 Å². The van der Waals surface area contributed by atoms with Crippen LogP contribution >= 0.6 is 15.9 Å². The van der Waals surface area contributed by atoms with Gasteiger partial charge in [0.15, 0.2) is 0 Å². The molecule has 0 aliphatic heterocycles. The average molecular weight is 815 g/mol. The largest absolute Gasteiger partial charge is 0.465 e. The summed E-state index contributed by atoms with van der Waals surface area (Å²) in [6, 6.07) is 47.9. The quantitative estimate of drug-likeness (QED) is 0.117. The van der Waals surface area contributed by atoms with Gasteiger partial charge in [-0.15, -0.1) is 0 Å². The number of aldehydes is 1. The maximum Gasteiger partial charge on any atom is 0.407 e. The first-order valence-electron chi connectivity index (χ1n) is 17.7. The van der Waals surface area contributed by atoms with Gasteiger partial charge in [-0.1, -0.05) is 164 Å². The summed E-state index contributed by atoms with van der Waals surface area (Å²) in [7, 11) is 0. The molecule has 8 rings (SSSR count). The van der Waals surface area contributed by atoms with Gasteiger partial charge in [0.2, 0.25) is 0 Å². The minimum atomic E-state index is -0.439. The molecule has 0 bridgehead atoms. The predicted molar refractivity (Wildman–Crippen MR) is 228 cm³/mol. The number of carbonyl (C=O) groups is 3. The van der Waals surface area contributed by atoms with Gasteiger partial charge in [0.1, 0.15) is 19.5 Å². The standard InChI is InChI=1S/C23H21NO3.C16H14O2.C7H5BrO.2CH4/c25-14-17-7-5-6-16(12-17)13-24-23(26)27-15-22-20-10-3-1-8-18(20)19-9-2-4-11-21(19)22;1-11(17)18-10-16-14-8-4-2-6-12(14)13-7-3-5-9-15(13)16;8-7-3-1-2-6(4-7)5-9;;/h1-12,22,25H,13-15H2,(H,24,26);2-9,16H,10H2,1H3;1-5H;2*1H4. The van der Waals surface area contributed by atoms with Crippen LogP contribution in [0.4, 0.5) is 4.79 Å². The number of aliphatic hydroxyl groups excluding tert-OH is 1. The number of benzene rings is 6. The summed E-state index contributed by atoms with van der Waals surface area (Å²) in [6.07, 6.45) is 0.386. The first kappa shape index (κ1) is 42.9. The molecule has 56 heavy (non-hydrogen) atoms. The molecule has 288 valence electrons. The highest BCUT2D eigenvalue weighted by Gasteiger charge is 2.30. The zero-order valence-electron chi connectivity index (χ0n) is 29.8. The van der Waals surface area contributed by atoms with E-state index in [9.17, 15) is 19.5 Å². The molecule has 0 saturated heterocycles. The SMILES string of the molecule is C.C.CC(=O)OCC1c2ccccc2-c2ccccc21.O=C(NCc1cccc(CO)c1)OCC1c2ccccc2-c2ccccc21.O=Cc1cccc(Br)c1. The Balaban J connectivity index is 0.000000207. The monoisotopic (exact) mass is 813 g/mol. The number of hydrogen-bond acceptors (Lipinski definition) is 6. The van der Waals surface area contributed by atoms with Gasteiger partial charge < -0.3 is 19.9 Å². The van der Waals surface area contributed by atoms with Crippen LogP contribution in [0.3, 0.4) is 0 Å². The molecule has 2 aliphatic carbocycles. The molecule has 1 amide bonds. The number of alkyl carbamates (subject to hydrolysis) is 1. The molecule has 0 atom stereocenters. The number of rotatable bonds is 8. The Hall–Kier alpha value is -5.83. The summed E-state index contributed by atoms with van der Waals surface area (Å²) in [5, 5.41) is 12.0. The summed E-state index contributed by atoms with van der Waals surface area (Å²) in [6.45, 7) is 2.52. The van der Waals surface area contributed by atoms with Crippen LogP contribution in [0.15, 0.2) is 150 Å².